The molecule has 144 valence electrons. The molecule has 0 radical (unpaired) electrons. The standard InChI is InChI=1S/C21H26ClN3O2/c22-19-7-5-18(6-8-19)21(26)24-20-4-1-3-17(15-20)16-23-9-2-10-25-11-13-27-14-12-25/h1,3-8,15,23H,2,9-14,16H2,(H,24,26). The van der Waals surface area contributed by atoms with Gasteiger partial charge < -0.3 is 15.4 Å². The van der Waals surface area contributed by atoms with Crippen molar-refractivity contribution in [3.05, 3.63) is 64.7 Å². The maximum Gasteiger partial charge on any atom is 0.255 e. The van der Waals surface area contributed by atoms with Crippen LogP contribution in [0.15, 0.2) is 48.5 Å². The van der Waals surface area contributed by atoms with Gasteiger partial charge in [-0.3, -0.25) is 9.69 Å². The summed E-state index contributed by atoms with van der Waals surface area (Å²) in [4.78, 5) is 14.7. The molecular weight excluding hydrogens is 362 g/mol. The zero-order chi connectivity index (χ0) is 18.9. The molecule has 6 heteroatoms. The van der Waals surface area contributed by atoms with E-state index in [1.165, 1.54) is 0 Å². The highest BCUT2D eigenvalue weighted by Gasteiger charge is 2.09. The van der Waals surface area contributed by atoms with Crippen LogP contribution in [0.3, 0.4) is 0 Å². The molecule has 1 amide bonds. The van der Waals surface area contributed by atoms with Crippen LogP contribution in [0.1, 0.15) is 22.3 Å². The van der Waals surface area contributed by atoms with Gasteiger partial charge in [0, 0.05) is 35.9 Å². The van der Waals surface area contributed by atoms with Crippen molar-refractivity contribution < 1.29 is 9.53 Å². The molecule has 1 fully saturated rings. The lowest BCUT2D eigenvalue weighted by atomic mass is 10.1. The molecule has 1 saturated heterocycles. The van der Waals surface area contributed by atoms with E-state index in [0.717, 1.165) is 63.6 Å². The summed E-state index contributed by atoms with van der Waals surface area (Å²) in [7, 11) is 0. The Morgan fingerprint density at radius 3 is 2.67 bits per heavy atom. The van der Waals surface area contributed by atoms with E-state index in [0.29, 0.717) is 10.6 Å². The lowest BCUT2D eigenvalue weighted by Gasteiger charge is -2.26. The van der Waals surface area contributed by atoms with Crippen LogP contribution in [-0.4, -0.2) is 50.2 Å². The third kappa shape index (κ3) is 6.63. The fraction of sp³-hybridized carbons (Fsp3) is 0.381. The van der Waals surface area contributed by atoms with Gasteiger partial charge >= 0.3 is 0 Å². The maximum absolute atomic E-state index is 12.3. The van der Waals surface area contributed by atoms with E-state index in [-0.39, 0.29) is 5.91 Å². The van der Waals surface area contributed by atoms with Crippen LogP contribution in [0.5, 0.6) is 0 Å². The van der Waals surface area contributed by atoms with Crippen LogP contribution >= 0.6 is 11.6 Å². The number of morpholine rings is 1. The van der Waals surface area contributed by atoms with Gasteiger partial charge in [-0.2, -0.15) is 0 Å². The highest BCUT2D eigenvalue weighted by molar-refractivity contribution is 6.30. The van der Waals surface area contributed by atoms with Crippen molar-refractivity contribution in [2.75, 3.05) is 44.7 Å². The van der Waals surface area contributed by atoms with Crippen LogP contribution in [-0.2, 0) is 11.3 Å². The van der Waals surface area contributed by atoms with E-state index in [9.17, 15) is 4.79 Å². The second kappa shape index (κ2) is 10.4. The van der Waals surface area contributed by atoms with Gasteiger partial charge in [-0.15, -0.1) is 0 Å². The van der Waals surface area contributed by atoms with Crippen LogP contribution < -0.4 is 10.6 Å². The monoisotopic (exact) mass is 387 g/mol. The summed E-state index contributed by atoms with van der Waals surface area (Å²) in [6.45, 7) is 6.63. The number of amides is 1. The number of hydrogen-bond donors (Lipinski definition) is 2. The zero-order valence-corrected chi connectivity index (χ0v) is 16.2. The molecule has 3 rings (SSSR count). The Kier molecular flexibility index (Phi) is 7.66. The number of anilines is 1. The number of halogens is 1. The first-order valence-corrected chi connectivity index (χ1v) is 9.75. The van der Waals surface area contributed by atoms with Crippen molar-refractivity contribution in [2.45, 2.75) is 13.0 Å². The quantitative estimate of drug-likeness (QED) is 0.681. The molecule has 0 atom stereocenters. The van der Waals surface area contributed by atoms with Crippen molar-refractivity contribution in [3.63, 3.8) is 0 Å². The zero-order valence-electron chi connectivity index (χ0n) is 15.4. The van der Waals surface area contributed by atoms with Gasteiger partial charge in [-0.1, -0.05) is 23.7 Å². The second-order valence-electron chi connectivity index (χ2n) is 6.65. The molecule has 0 spiro atoms. The van der Waals surface area contributed by atoms with Crippen molar-refractivity contribution in [1.29, 1.82) is 0 Å². The molecule has 27 heavy (non-hydrogen) atoms. The molecule has 1 aliphatic rings. The average Bonchev–Trinajstić information content (AvgIpc) is 2.69. The first-order chi connectivity index (χ1) is 13.2. The Morgan fingerprint density at radius 1 is 1.11 bits per heavy atom. The molecule has 0 unspecified atom stereocenters. The Hall–Kier alpha value is -1.92. The summed E-state index contributed by atoms with van der Waals surface area (Å²) in [5, 5.41) is 7.03. The molecule has 0 aliphatic carbocycles. The first-order valence-electron chi connectivity index (χ1n) is 9.37. The number of carbonyl (C=O) groups is 1. The maximum atomic E-state index is 12.3. The number of nitrogens with one attached hydrogen (secondary N) is 2. The molecule has 2 aromatic rings. The summed E-state index contributed by atoms with van der Waals surface area (Å²) in [6.07, 6.45) is 1.12. The van der Waals surface area contributed by atoms with E-state index in [1.807, 2.05) is 18.2 Å². The van der Waals surface area contributed by atoms with Gasteiger partial charge in [0.25, 0.3) is 5.91 Å². The Balaban J connectivity index is 1.41. The van der Waals surface area contributed by atoms with Gasteiger partial charge in [-0.25, -0.2) is 0 Å². The third-order valence-electron chi connectivity index (χ3n) is 4.55. The predicted molar refractivity (Wildman–Crippen MR) is 109 cm³/mol. The fourth-order valence-corrected chi connectivity index (χ4v) is 3.17. The fourth-order valence-electron chi connectivity index (χ4n) is 3.05. The average molecular weight is 388 g/mol. The number of ether oxygens (including phenoxy) is 1. The van der Waals surface area contributed by atoms with E-state index < -0.39 is 0 Å². The first kappa shape index (κ1) is 19.8. The minimum atomic E-state index is -0.137. The summed E-state index contributed by atoms with van der Waals surface area (Å²) in [6, 6.07) is 14.8. The molecule has 0 aromatic heterocycles. The number of nitrogens with zero attached hydrogens (tertiary/aromatic N) is 1. The van der Waals surface area contributed by atoms with Gasteiger partial charge in [-0.05, 0) is 61.5 Å². The summed E-state index contributed by atoms with van der Waals surface area (Å²) < 4.78 is 5.36. The number of carbonyl (C=O) groups excluding carboxylic acids is 1. The van der Waals surface area contributed by atoms with Crippen LogP contribution in [0, 0.1) is 0 Å². The second-order valence-corrected chi connectivity index (χ2v) is 7.08. The Bertz CT molecular complexity index is 730. The summed E-state index contributed by atoms with van der Waals surface area (Å²) in [5.74, 6) is -0.137. The number of rotatable bonds is 8. The molecular formula is C21H26ClN3O2. The predicted octanol–water partition coefficient (Wildman–Crippen LogP) is 3.40. The largest absolute Gasteiger partial charge is 0.379 e. The minimum Gasteiger partial charge on any atom is -0.379 e. The summed E-state index contributed by atoms with van der Waals surface area (Å²) in [5.41, 5.74) is 2.53. The molecule has 2 N–H and O–H groups in total. The van der Waals surface area contributed by atoms with E-state index in [1.54, 1.807) is 24.3 Å². The van der Waals surface area contributed by atoms with Crippen LogP contribution in [0.2, 0.25) is 5.02 Å². The van der Waals surface area contributed by atoms with Gasteiger partial charge in [0.2, 0.25) is 0 Å². The molecule has 0 bridgehead atoms. The van der Waals surface area contributed by atoms with Gasteiger partial charge in [0.15, 0.2) is 0 Å². The summed E-state index contributed by atoms with van der Waals surface area (Å²) >= 11 is 5.87. The van der Waals surface area contributed by atoms with Crippen LogP contribution in [0.25, 0.3) is 0 Å². The molecule has 0 saturated carbocycles. The molecule has 5 nitrogen and oxygen atoms in total. The van der Waals surface area contributed by atoms with Crippen LogP contribution in [0.4, 0.5) is 5.69 Å². The molecule has 1 aliphatic heterocycles. The topological polar surface area (TPSA) is 53.6 Å². The van der Waals surface area contributed by atoms with Crippen molar-refractivity contribution >= 4 is 23.2 Å². The van der Waals surface area contributed by atoms with Gasteiger partial charge in [0.1, 0.15) is 0 Å². The Labute approximate surface area is 165 Å². The molecule has 1 heterocycles. The van der Waals surface area contributed by atoms with Gasteiger partial charge in [0.05, 0.1) is 13.2 Å². The highest BCUT2D eigenvalue weighted by Crippen LogP contribution is 2.14. The van der Waals surface area contributed by atoms with E-state index in [4.69, 9.17) is 16.3 Å². The highest BCUT2D eigenvalue weighted by atomic mass is 35.5. The lowest BCUT2D eigenvalue weighted by Crippen LogP contribution is -2.37. The van der Waals surface area contributed by atoms with E-state index >= 15 is 0 Å². The van der Waals surface area contributed by atoms with Crippen molar-refractivity contribution in [3.8, 4) is 0 Å². The van der Waals surface area contributed by atoms with Crippen molar-refractivity contribution in [2.24, 2.45) is 0 Å². The van der Waals surface area contributed by atoms with Crippen molar-refractivity contribution in [1.82, 2.24) is 10.2 Å². The normalized spacial score (nSPS) is 14.9. The van der Waals surface area contributed by atoms with E-state index in [2.05, 4.69) is 21.6 Å². The number of benzene rings is 2. The third-order valence-corrected chi connectivity index (χ3v) is 4.80. The Morgan fingerprint density at radius 2 is 1.89 bits per heavy atom. The lowest BCUT2D eigenvalue weighted by molar-refractivity contribution is 0.0374. The minimum absolute atomic E-state index is 0.137. The SMILES string of the molecule is O=C(Nc1cccc(CNCCCN2CCOCC2)c1)c1ccc(Cl)cc1. The molecule has 2 aromatic carbocycles. The number of hydrogen-bond acceptors (Lipinski definition) is 4. The smallest absolute Gasteiger partial charge is 0.255 e.